The molecule has 0 bridgehead atoms. The molecule has 0 N–H and O–H groups in total. The van der Waals surface area contributed by atoms with Gasteiger partial charge in [-0.3, -0.25) is 4.79 Å². The van der Waals surface area contributed by atoms with Gasteiger partial charge in [0.2, 0.25) is 11.2 Å². The number of thiazole rings is 1. The Morgan fingerprint density at radius 2 is 1.76 bits per heavy atom. The van der Waals surface area contributed by atoms with Crippen molar-refractivity contribution >= 4 is 44.5 Å². The number of ether oxygens (including phenoxy) is 3. The molecule has 0 aliphatic rings. The second-order valence-corrected chi connectivity index (χ2v) is 9.06. The Balaban J connectivity index is 1.63. The van der Waals surface area contributed by atoms with Crippen molar-refractivity contribution in [2.75, 3.05) is 13.7 Å². The predicted molar refractivity (Wildman–Crippen MR) is 140 cm³/mol. The van der Waals surface area contributed by atoms with E-state index in [-0.39, 0.29) is 34.6 Å². The largest absolute Gasteiger partial charge is 0.497 e. The van der Waals surface area contributed by atoms with E-state index in [1.54, 1.807) is 38.1 Å². The Labute approximate surface area is 215 Å². The van der Waals surface area contributed by atoms with Crippen LogP contribution < -0.4 is 14.9 Å². The minimum absolute atomic E-state index is 0.0366. The number of hydrogen-bond acceptors (Lipinski definition) is 9. The fraction of sp³-hybridized carbons (Fsp3) is 0.143. The van der Waals surface area contributed by atoms with Crippen molar-refractivity contribution in [3.63, 3.8) is 0 Å². The molecule has 3 aromatic carbocycles. The van der Waals surface area contributed by atoms with E-state index >= 15 is 0 Å². The van der Waals surface area contributed by atoms with Gasteiger partial charge in [0.1, 0.15) is 27.7 Å². The number of aromatic nitrogens is 1. The Kier molecular flexibility index (Phi) is 6.45. The SMILES string of the molecule is CCOC(=O)c1oc2c(C)c(OC(=O)c3ccc(OC)cc3)ccc2c(=O)c1-c1nc2ccccc2s1. The zero-order valence-corrected chi connectivity index (χ0v) is 21.0. The van der Waals surface area contributed by atoms with E-state index < -0.39 is 17.4 Å². The first-order chi connectivity index (χ1) is 17.9. The van der Waals surface area contributed by atoms with Gasteiger partial charge >= 0.3 is 11.9 Å². The van der Waals surface area contributed by atoms with Crippen molar-refractivity contribution in [1.82, 2.24) is 4.98 Å². The molecule has 0 saturated heterocycles. The number of esters is 2. The summed E-state index contributed by atoms with van der Waals surface area (Å²) in [6, 6.07) is 16.9. The standard InChI is InChI=1S/C28H21NO7S/c1-4-34-28(32)25-22(26-29-19-7-5-6-8-21(19)37-26)23(30)18-13-14-20(15(2)24(18)36-25)35-27(31)16-9-11-17(33-3)12-10-16/h5-14H,4H2,1-3H3. The minimum Gasteiger partial charge on any atom is -0.497 e. The van der Waals surface area contributed by atoms with E-state index in [0.717, 1.165) is 4.70 Å². The van der Waals surface area contributed by atoms with Crippen molar-refractivity contribution in [2.24, 2.45) is 0 Å². The molecule has 186 valence electrons. The van der Waals surface area contributed by atoms with Gasteiger partial charge in [-0.1, -0.05) is 12.1 Å². The molecule has 8 nitrogen and oxygen atoms in total. The van der Waals surface area contributed by atoms with Crippen LogP contribution in [0.5, 0.6) is 11.5 Å². The van der Waals surface area contributed by atoms with E-state index in [0.29, 0.717) is 27.4 Å². The third-order valence-electron chi connectivity index (χ3n) is 5.76. The number of para-hydroxylation sites is 1. The topological polar surface area (TPSA) is 105 Å². The van der Waals surface area contributed by atoms with Crippen LogP contribution in [0.25, 0.3) is 31.8 Å². The van der Waals surface area contributed by atoms with Crippen LogP contribution in [-0.4, -0.2) is 30.6 Å². The predicted octanol–water partition coefficient (Wildman–Crippen LogP) is 5.78. The summed E-state index contributed by atoms with van der Waals surface area (Å²) in [5.41, 5.74) is 1.14. The number of aryl methyl sites for hydroxylation is 1. The van der Waals surface area contributed by atoms with Crippen molar-refractivity contribution in [1.29, 1.82) is 0 Å². The van der Waals surface area contributed by atoms with Crippen LogP contribution in [0, 0.1) is 6.92 Å². The lowest BCUT2D eigenvalue weighted by Gasteiger charge is -2.12. The summed E-state index contributed by atoms with van der Waals surface area (Å²) in [7, 11) is 1.53. The van der Waals surface area contributed by atoms with Crippen LogP contribution in [0.15, 0.2) is 69.9 Å². The maximum absolute atomic E-state index is 13.7. The van der Waals surface area contributed by atoms with Gasteiger partial charge < -0.3 is 18.6 Å². The summed E-state index contributed by atoms with van der Waals surface area (Å²) < 4.78 is 22.8. The van der Waals surface area contributed by atoms with Gasteiger partial charge in [0.05, 0.1) is 34.9 Å². The number of benzene rings is 3. The van der Waals surface area contributed by atoms with Gasteiger partial charge in [0.25, 0.3) is 0 Å². The van der Waals surface area contributed by atoms with E-state index in [1.807, 2.05) is 24.3 Å². The second kappa shape index (κ2) is 9.87. The van der Waals surface area contributed by atoms with Gasteiger partial charge in [0.15, 0.2) is 0 Å². The maximum Gasteiger partial charge on any atom is 0.375 e. The zero-order chi connectivity index (χ0) is 26.1. The van der Waals surface area contributed by atoms with Crippen molar-refractivity contribution in [3.8, 4) is 22.1 Å². The summed E-state index contributed by atoms with van der Waals surface area (Å²) >= 11 is 1.28. The summed E-state index contributed by atoms with van der Waals surface area (Å²) in [6.07, 6.45) is 0. The third-order valence-corrected chi connectivity index (χ3v) is 6.81. The van der Waals surface area contributed by atoms with Crippen LogP contribution >= 0.6 is 11.3 Å². The summed E-state index contributed by atoms with van der Waals surface area (Å²) in [6.45, 7) is 3.41. The fourth-order valence-corrected chi connectivity index (χ4v) is 4.89. The summed E-state index contributed by atoms with van der Waals surface area (Å²) in [5, 5.41) is 0.580. The average Bonchev–Trinajstić information content (AvgIpc) is 3.34. The minimum atomic E-state index is -0.782. The van der Waals surface area contributed by atoms with Gasteiger partial charge in [-0.15, -0.1) is 11.3 Å². The molecule has 0 fully saturated rings. The molecule has 0 unspecified atom stereocenters. The van der Waals surface area contributed by atoms with Crippen LogP contribution in [0.4, 0.5) is 0 Å². The summed E-state index contributed by atoms with van der Waals surface area (Å²) in [5.74, 6) is -0.824. The number of hydrogen-bond donors (Lipinski definition) is 0. The van der Waals surface area contributed by atoms with Crippen LogP contribution in [-0.2, 0) is 4.74 Å². The molecular weight excluding hydrogens is 494 g/mol. The number of carbonyl (C=O) groups is 2. The van der Waals surface area contributed by atoms with Gasteiger partial charge in [-0.05, 0) is 62.4 Å². The zero-order valence-electron chi connectivity index (χ0n) is 20.2. The van der Waals surface area contributed by atoms with Gasteiger partial charge in [0, 0.05) is 5.56 Å². The van der Waals surface area contributed by atoms with E-state index in [9.17, 15) is 14.4 Å². The van der Waals surface area contributed by atoms with Gasteiger partial charge in [-0.2, -0.15) is 0 Å². The molecule has 0 atom stereocenters. The van der Waals surface area contributed by atoms with Crippen LogP contribution in [0.1, 0.15) is 33.4 Å². The van der Waals surface area contributed by atoms with Crippen molar-refractivity contribution in [3.05, 3.63) is 87.8 Å². The third kappa shape index (κ3) is 4.45. The molecule has 0 radical (unpaired) electrons. The average molecular weight is 516 g/mol. The molecule has 0 aliphatic heterocycles. The smallest absolute Gasteiger partial charge is 0.375 e. The first-order valence-electron chi connectivity index (χ1n) is 11.4. The maximum atomic E-state index is 13.7. The highest BCUT2D eigenvalue weighted by atomic mass is 32.1. The summed E-state index contributed by atoms with van der Waals surface area (Å²) in [4.78, 5) is 43.8. The number of rotatable bonds is 6. The Bertz CT molecular complexity index is 1680. The highest BCUT2D eigenvalue weighted by Crippen LogP contribution is 2.34. The van der Waals surface area contributed by atoms with E-state index in [1.165, 1.54) is 30.6 Å². The molecule has 0 amide bonds. The highest BCUT2D eigenvalue weighted by molar-refractivity contribution is 7.21. The van der Waals surface area contributed by atoms with Crippen LogP contribution in [0.2, 0.25) is 0 Å². The number of carbonyl (C=O) groups excluding carboxylic acids is 2. The molecule has 0 aliphatic carbocycles. The van der Waals surface area contributed by atoms with Crippen molar-refractivity contribution in [2.45, 2.75) is 13.8 Å². The normalized spacial score (nSPS) is 11.0. The van der Waals surface area contributed by atoms with Gasteiger partial charge in [-0.25, -0.2) is 14.6 Å². The van der Waals surface area contributed by atoms with Crippen molar-refractivity contribution < 1.29 is 28.2 Å². The molecule has 2 aromatic heterocycles. The lowest BCUT2D eigenvalue weighted by atomic mass is 10.1. The highest BCUT2D eigenvalue weighted by Gasteiger charge is 2.27. The number of nitrogens with zero attached hydrogens (tertiary/aromatic N) is 1. The molecule has 0 saturated carbocycles. The Morgan fingerprint density at radius 3 is 2.46 bits per heavy atom. The molecular formula is C28H21NO7S. The lowest BCUT2D eigenvalue weighted by Crippen LogP contribution is -2.16. The molecule has 0 spiro atoms. The van der Waals surface area contributed by atoms with E-state index in [2.05, 4.69) is 4.98 Å². The Morgan fingerprint density at radius 1 is 1.00 bits per heavy atom. The lowest BCUT2D eigenvalue weighted by molar-refractivity contribution is 0.0491. The fourth-order valence-electron chi connectivity index (χ4n) is 3.89. The van der Waals surface area contributed by atoms with Crippen LogP contribution in [0.3, 0.4) is 0 Å². The molecule has 2 heterocycles. The monoisotopic (exact) mass is 515 g/mol. The quantitative estimate of drug-likeness (QED) is 0.207. The number of methoxy groups -OCH3 is 1. The Hall–Kier alpha value is -4.50. The molecule has 5 aromatic rings. The van der Waals surface area contributed by atoms with E-state index in [4.69, 9.17) is 18.6 Å². The second-order valence-electron chi connectivity index (χ2n) is 8.03. The first kappa shape index (κ1) is 24.2. The first-order valence-corrected chi connectivity index (χ1v) is 12.2. The number of fused-ring (bicyclic) bond motifs is 2. The molecule has 9 heteroatoms. The molecule has 5 rings (SSSR count). The molecule has 37 heavy (non-hydrogen) atoms.